The van der Waals surface area contributed by atoms with Crippen molar-refractivity contribution in [3.8, 4) is 0 Å². The van der Waals surface area contributed by atoms with E-state index >= 15 is 0 Å². The molecular weight excluding hydrogens is 564 g/mol. The van der Waals surface area contributed by atoms with Crippen molar-refractivity contribution < 1.29 is 23.9 Å². The van der Waals surface area contributed by atoms with Crippen molar-refractivity contribution in [3.05, 3.63) is 70.4 Å². The van der Waals surface area contributed by atoms with E-state index in [1.807, 2.05) is 12.1 Å². The molecule has 1 saturated heterocycles. The average Bonchev–Trinajstić information content (AvgIpc) is 3.39. The first-order valence-electron chi connectivity index (χ1n) is 14.9. The summed E-state index contributed by atoms with van der Waals surface area (Å²) < 4.78 is 12.2. The topological polar surface area (TPSA) is 170 Å². The summed E-state index contributed by atoms with van der Waals surface area (Å²) in [5.74, 6) is -0.402. The molecule has 2 aromatic heterocycles. The van der Waals surface area contributed by atoms with Crippen LogP contribution in [0.25, 0.3) is 11.0 Å². The van der Waals surface area contributed by atoms with Gasteiger partial charge in [0.15, 0.2) is 0 Å². The maximum absolute atomic E-state index is 13.4. The Hall–Kier alpha value is -4.45. The highest BCUT2D eigenvalue weighted by atomic mass is 16.5. The molecule has 4 rings (SSSR count). The van der Waals surface area contributed by atoms with Crippen LogP contribution in [0.2, 0.25) is 0 Å². The number of rotatable bonds is 12. The Kier molecular flexibility index (Phi) is 10.9. The van der Waals surface area contributed by atoms with Gasteiger partial charge in [-0.2, -0.15) is 0 Å². The largest absolute Gasteiger partial charge is 0.449 e. The highest BCUT2D eigenvalue weighted by Crippen LogP contribution is 2.25. The number of imidazole rings is 1. The Balaban J connectivity index is 1.45. The third-order valence-corrected chi connectivity index (χ3v) is 7.27. The molecule has 236 valence electrons. The van der Waals surface area contributed by atoms with Crippen LogP contribution in [-0.4, -0.2) is 58.3 Å². The number of amides is 3. The number of anilines is 1. The quantitative estimate of drug-likeness (QED) is 0.228. The van der Waals surface area contributed by atoms with Crippen LogP contribution in [0.15, 0.2) is 53.5 Å². The van der Waals surface area contributed by atoms with E-state index in [0.29, 0.717) is 19.0 Å². The van der Waals surface area contributed by atoms with Crippen LogP contribution in [0.3, 0.4) is 0 Å². The zero-order chi connectivity index (χ0) is 31.7. The highest BCUT2D eigenvalue weighted by Gasteiger charge is 2.24. The molecule has 1 aliphatic heterocycles. The van der Waals surface area contributed by atoms with Crippen LogP contribution >= 0.6 is 0 Å². The maximum Gasteiger partial charge on any atom is 0.407 e. The van der Waals surface area contributed by atoms with Crippen molar-refractivity contribution in [3.63, 3.8) is 0 Å². The van der Waals surface area contributed by atoms with Gasteiger partial charge in [-0.05, 0) is 73.3 Å². The number of nitrogens with one attached hydrogen (secondary N) is 3. The molecule has 12 heteroatoms. The fourth-order valence-corrected chi connectivity index (χ4v) is 5.09. The molecule has 1 aromatic carbocycles. The number of nitrogens with two attached hydrogens (primary N) is 1. The SMILES string of the molecule is CC(C)(C)Cc1cccc2[nH]c(Cn3cccc(NC(=O)[C@H](CC/C=C/C(N)=O)NC(=O)OCC4CCOCC4)c3=O)nc12. The Bertz CT molecular complexity index is 1550. The van der Waals surface area contributed by atoms with Gasteiger partial charge < -0.3 is 35.4 Å². The van der Waals surface area contributed by atoms with Crippen LogP contribution < -0.4 is 21.9 Å². The number of hydrogen-bond acceptors (Lipinski definition) is 7. The third kappa shape index (κ3) is 9.53. The number of aromatic amines is 1. The molecule has 1 atom stereocenters. The van der Waals surface area contributed by atoms with Gasteiger partial charge in [0.2, 0.25) is 11.8 Å². The average molecular weight is 607 g/mol. The van der Waals surface area contributed by atoms with Crippen molar-refractivity contribution in [2.24, 2.45) is 17.1 Å². The first-order chi connectivity index (χ1) is 21.0. The normalized spacial score (nSPS) is 14.9. The van der Waals surface area contributed by atoms with E-state index in [-0.39, 0.29) is 43.0 Å². The number of hydrogen-bond donors (Lipinski definition) is 4. The van der Waals surface area contributed by atoms with Gasteiger partial charge in [0.1, 0.15) is 17.6 Å². The molecule has 0 spiro atoms. The van der Waals surface area contributed by atoms with Crippen LogP contribution in [0.5, 0.6) is 0 Å². The molecule has 44 heavy (non-hydrogen) atoms. The van der Waals surface area contributed by atoms with E-state index in [4.69, 9.17) is 20.2 Å². The lowest BCUT2D eigenvalue weighted by molar-refractivity contribution is -0.118. The lowest BCUT2D eigenvalue weighted by Crippen LogP contribution is -2.45. The molecule has 0 unspecified atom stereocenters. The van der Waals surface area contributed by atoms with Gasteiger partial charge in [-0.1, -0.05) is 39.0 Å². The number of aromatic nitrogens is 3. The van der Waals surface area contributed by atoms with E-state index in [9.17, 15) is 19.2 Å². The molecular formula is C32H42N6O6. The van der Waals surface area contributed by atoms with Gasteiger partial charge in [-0.25, -0.2) is 9.78 Å². The number of carbonyl (C=O) groups excluding carboxylic acids is 3. The summed E-state index contributed by atoms with van der Waals surface area (Å²) in [4.78, 5) is 58.4. The molecule has 0 saturated carbocycles. The lowest BCUT2D eigenvalue weighted by atomic mass is 9.88. The number of nitrogens with zero attached hydrogens (tertiary/aromatic N) is 2. The van der Waals surface area contributed by atoms with E-state index in [1.165, 1.54) is 22.8 Å². The van der Waals surface area contributed by atoms with Gasteiger partial charge in [-0.3, -0.25) is 14.4 Å². The number of primary amides is 1. The summed E-state index contributed by atoms with van der Waals surface area (Å²) in [5.41, 5.74) is 7.76. The van der Waals surface area contributed by atoms with Crippen molar-refractivity contribution in [1.29, 1.82) is 0 Å². The molecule has 12 nitrogen and oxygen atoms in total. The number of fused-ring (bicyclic) bond motifs is 1. The minimum Gasteiger partial charge on any atom is -0.449 e. The van der Waals surface area contributed by atoms with Crippen LogP contribution in [0, 0.1) is 11.3 Å². The smallest absolute Gasteiger partial charge is 0.407 e. The van der Waals surface area contributed by atoms with Crippen molar-refractivity contribution in [2.45, 2.75) is 65.5 Å². The number of allylic oxidation sites excluding steroid dienone is 1. The highest BCUT2D eigenvalue weighted by molar-refractivity contribution is 5.96. The third-order valence-electron chi connectivity index (χ3n) is 7.27. The van der Waals surface area contributed by atoms with Gasteiger partial charge >= 0.3 is 6.09 Å². The predicted octanol–water partition coefficient (Wildman–Crippen LogP) is 3.64. The van der Waals surface area contributed by atoms with E-state index in [1.54, 1.807) is 12.3 Å². The summed E-state index contributed by atoms with van der Waals surface area (Å²) in [5, 5.41) is 5.25. The molecule has 0 bridgehead atoms. The molecule has 1 fully saturated rings. The fraction of sp³-hybridized carbons (Fsp3) is 0.469. The summed E-state index contributed by atoms with van der Waals surface area (Å²) in [6.45, 7) is 8.15. The molecule has 3 aromatic rings. The van der Waals surface area contributed by atoms with E-state index < -0.39 is 29.5 Å². The van der Waals surface area contributed by atoms with E-state index in [2.05, 4.69) is 42.5 Å². The van der Waals surface area contributed by atoms with Crippen LogP contribution in [-0.2, 0) is 32.0 Å². The Morgan fingerprint density at radius 1 is 1.20 bits per heavy atom. The summed E-state index contributed by atoms with van der Waals surface area (Å²) in [7, 11) is 0. The lowest BCUT2D eigenvalue weighted by Gasteiger charge is -2.22. The fourth-order valence-electron chi connectivity index (χ4n) is 5.09. The standard InChI is InChI=1S/C32H42N6O6/c1-32(2,3)18-22-8-6-10-23-28(22)37-27(34-23)19-38-15-7-11-25(30(38)41)35-29(40)24(9-4-5-12-26(33)39)36-31(42)44-20-21-13-16-43-17-14-21/h5-8,10-12,15,21,24H,4,9,13-14,16-20H2,1-3H3,(H2,33,39)(H,34,37)(H,35,40)(H,36,42)/b12-5+/t24-/m0/s1. The molecule has 3 amide bonds. The summed E-state index contributed by atoms with van der Waals surface area (Å²) in [6, 6.07) is 8.14. The number of para-hydroxylation sites is 1. The Morgan fingerprint density at radius 3 is 2.70 bits per heavy atom. The van der Waals surface area contributed by atoms with Crippen molar-refractivity contribution in [2.75, 3.05) is 25.1 Å². The van der Waals surface area contributed by atoms with Crippen LogP contribution in [0.4, 0.5) is 10.5 Å². The van der Waals surface area contributed by atoms with Crippen molar-refractivity contribution >= 4 is 34.6 Å². The van der Waals surface area contributed by atoms with Gasteiger partial charge in [-0.15, -0.1) is 0 Å². The molecule has 1 aliphatic rings. The molecule has 0 aliphatic carbocycles. The number of H-pyrrole nitrogens is 1. The van der Waals surface area contributed by atoms with Gasteiger partial charge in [0.05, 0.1) is 24.2 Å². The van der Waals surface area contributed by atoms with Gasteiger partial charge in [0.25, 0.3) is 5.56 Å². The van der Waals surface area contributed by atoms with Crippen molar-refractivity contribution in [1.82, 2.24) is 19.9 Å². The molecule has 3 heterocycles. The predicted molar refractivity (Wildman–Crippen MR) is 167 cm³/mol. The second-order valence-electron chi connectivity index (χ2n) is 12.3. The number of benzene rings is 1. The first-order valence-corrected chi connectivity index (χ1v) is 14.9. The first kappa shape index (κ1) is 32.5. The summed E-state index contributed by atoms with van der Waals surface area (Å²) in [6.07, 6.45) is 6.47. The zero-order valence-electron chi connectivity index (χ0n) is 25.6. The Labute approximate surface area is 256 Å². The molecule has 0 radical (unpaired) electrons. The minimum atomic E-state index is -1.03. The monoisotopic (exact) mass is 606 g/mol. The second-order valence-corrected chi connectivity index (χ2v) is 12.3. The summed E-state index contributed by atoms with van der Waals surface area (Å²) >= 11 is 0. The van der Waals surface area contributed by atoms with Gasteiger partial charge in [0, 0.05) is 19.4 Å². The molecule has 5 N–H and O–H groups in total. The zero-order valence-corrected chi connectivity index (χ0v) is 25.6. The maximum atomic E-state index is 13.4. The Morgan fingerprint density at radius 2 is 1.98 bits per heavy atom. The second kappa shape index (κ2) is 14.8. The number of ether oxygens (including phenoxy) is 2. The minimum absolute atomic E-state index is 0.0529. The van der Waals surface area contributed by atoms with E-state index in [0.717, 1.165) is 35.9 Å². The van der Waals surface area contributed by atoms with Crippen LogP contribution in [0.1, 0.15) is 57.8 Å². The number of carbonyl (C=O) groups is 3. The number of alkyl carbamates (subject to hydrolysis) is 1. The number of pyridine rings is 1.